The predicted molar refractivity (Wildman–Crippen MR) is 225 cm³/mol. The van der Waals surface area contributed by atoms with Crippen LogP contribution < -0.4 is 0 Å². The number of thiophene rings is 1. The van der Waals surface area contributed by atoms with Crippen LogP contribution in [0.25, 0.3) is 92.2 Å². The van der Waals surface area contributed by atoms with Crippen LogP contribution in [-0.2, 0) is 6.42 Å². The fourth-order valence-electron chi connectivity index (χ4n) is 8.89. The van der Waals surface area contributed by atoms with E-state index in [1.54, 1.807) is 0 Å². The first-order valence-corrected chi connectivity index (χ1v) is 19.0. The summed E-state index contributed by atoms with van der Waals surface area (Å²) in [4.78, 5) is 0. The van der Waals surface area contributed by atoms with Gasteiger partial charge >= 0.3 is 0 Å². The molecule has 52 heavy (non-hydrogen) atoms. The zero-order valence-corrected chi connectivity index (χ0v) is 29.3. The number of nitrogens with zero attached hydrogens (tertiary/aromatic N) is 1. The molecule has 0 saturated carbocycles. The zero-order chi connectivity index (χ0) is 34.2. The first-order valence-electron chi connectivity index (χ1n) is 18.1. The van der Waals surface area contributed by atoms with E-state index in [9.17, 15) is 0 Å². The van der Waals surface area contributed by atoms with Crippen molar-refractivity contribution in [3.8, 4) is 27.9 Å². The molecule has 0 bridgehead atoms. The van der Waals surface area contributed by atoms with Gasteiger partial charge in [0, 0.05) is 42.5 Å². The van der Waals surface area contributed by atoms with Crippen molar-refractivity contribution in [2.75, 3.05) is 0 Å². The van der Waals surface area contributed by atoms with Crippen LogP contribution in [0, 0.1) is 0 Å². The lowest BCUT2D eigenvalue weighted by Gasteiger charge is -2.20. The molecule has 1 nitrogen and oxygen atoms in total. The fourth-order valence-corrected chi connectivity index (χ4v) is 10.1. The molecule has 0 unspecified atom stereocenters. The first kappa shape index (κ1) is 29.5. The number of hydrogen-bond acceptors (Lipinski definition) is 1. The van der Waals surface area contributed by atoms with E-state index in [0.717, 1.165) is 12.8 Å². The smallest absolute Gasteiger partial charge is 0.0537 e. The molecule has 0 fully saturated rings. The average Bonchev–Trinajstić information content (AvgIpc) is 3.76. The normalized spacial score (nSPS) is 13.0. The van der Waals surface area contributed by atoms with Gasteiger partial charge in [0.2, 0.25) is 0 Å². The summed E-state index contributed by atoms with van der Waals surface area (Å²) in [7, 11) is 0. The molecular weight excluding hydrogens is 647 g/mol. The van der Waals surface area contributed by atoms with Crippen molar-refractivity contribution < 1.29 is 0 Å². The Morgan fingerprint density at radius 2 is 1.02 bits per heavy atom. The Bertz CT molecular complexity index is 3010. The van der Waals surface area contributed by atoms with Crippen LogP contribution in [0.1, 0.15) is 23.2 Å². The Morgan fingerprint density at radius 3 is 1.77 bits per heavy atom. The molecule has 0 amide bonds. The molecule has 0 spiro atoms. The van der Waals surface area contributed by atoms with Gasteiger partial charge in [-0.2, -0.15) is 0 Å². The molecule has 2 heterocycles. The molecule has 244 valence electrons. The van der Waals surface area contributed by atoms with Gasteiger partial charge in [0.1, 0.15) is 0 Å². The largest absolute Gasteiger partial charge is 0.313 e. The first-order chi connectivity index (χ1) is 25.8. The zero-order valence-electron chi connectivity index (χ0n) is 28.5. The standard InChI is InChI=1S/C50H33NS/c1-2-14-32(15-3-1)48-39-20-4-6-22-41(39)49(42-23-7-5-21-40(42)48)34-16-12-17-35(30-34)51-45-26-10-8-18-37(45)44-31-33(28-29-46(44)51)36-24-13-25-43-38-19-9-11-27-47(38)52-50(36)43/h1-27,30-31H,28-29H2. The van der Waals surface area contributed by atoms with E-state index in [0.29, 0.717) is 0 Å². The fraction of sp³-hybridized carbons (Fsp3) is 0.0400. The van der Waals surface area contributed by atoms with Gasteiger partial charge in [0.25, 0.3) is 0 Å². The number of aromatic nitrogens is 1. The van der Waals surface area contributed by atoms with Crippen molar-refractivity contribution >= 4 is 75.6 Å². The Hall–Kier alpha value is -6.22. The van der Waals surface area contributed by atoms with Gasteiger partial charge in [0.05, 0.1) is 5.52 Å². The summed E-state index contributed by atoms with van der Waals surface area (Å²) >= 11 is 1.92. The van der Waals surface area contributed by atoms with Crippen LogP contribution in [0.3, 0.4) is 0 Å². The minimum absolute atomic E-state index is 0.985. The highest BCUT2D eigenvalue weighted by atomic mass is 32.1. The monoisotopic (exact) mass is 679 g/mol. The van der Waals surface area contributed by atoms with Crippen molar-refractivity contribution in [2.24, 2.45) is 0 Å². The van der Waals surface area contributed by atoms with Crippen LogP contribution in [0.4, 0.5) is 0 Å². The maximum absolute atomic E-state index is 2.53. The molecular formula is C50H33NS. The van der Waals surface area contributed by atoms with Crippen molar-refractivity contribution in [3.05, 3.63) is 187 Å². The van der Waals surface area contributed by atoms with E-state index in [1.165, 1.54) is 103 Å². The second-order valence-electron chi connectivity index (χ2n) is 13.9. The molecule has 0 N–H and O–H groups in total. The number of allylic oxidation sites excluding steroid dienone is 1. The Kier molecular flexibility index (Phi) is 6.62. The topological polar surface area (TPSA) is 4.93 Å². The summed E-state index contributed by atoms with van der Waals surface area (Å²) in [6, 6.07) is 62.6. The van der Waals surface area contributed by atoms with Gasteiger partial charge in [-0.1, -0.05) is 146 Å². The van der Waals surface area contributed by atoms with Crippen molar-refractivity contribution in [1.29, 1.82) is 0 Å². The number of hydrogen-bond donors (Lipinski definition) is 0. The third-order valence-corrected chi connectivity index (χ3v) is 12.3. The van der Waals surface area contributed by atoms with Crippen LogP contribution >= 0.6 is 11.3 Å². The van der Waals surface area contributed by atoms with Crippen molar-refractivity contribution in [3.63, 3.8) is 0 Å². The summed E-state index contributed by atoms with van der Waals surface area (Å²) in [6.45, 7) is 0. The second kappa shape index (κ2) is 11.7. The maximum atomic E-state index is 2.53. The predicted octanol–water partition coefficient (Wildman–Crippen LogP) is 14.1. The third-order valence-electron chi connectivity index (χ3n) is 11.1. The molecule has 0 aliphatic heterocycles. The van der Waals surface area contributed by atoms with E-state index in [4.69, 9.17) is 0 Å². The molecule has 1 aliphatic rings. The molecule has 2 heteroatoms. The molecule has 0 saturated heterocycles. The molecule has 0 radical (unpaired) electrons. The highest BCUT2D eigenvalue weighted by molar-refractivity contribution is 7.26. The summed E-state index contributed by atoms with van der Waals surface area (Å²) in [6.07, 6.45) is 4.48. The van der Waals surface area contributed by atoms with Crippen molar-refractivity contribution in [2.45, 2.75) is 12.8 Å². The van der Waals surface area contributed by atoms with Gasteiger partial charge in [-0.25, -0.2) is 0 Å². The molecule has 1 aliphatic carbocycles. The van der Waals surface area contributed by atoms with Crippen molar-refractivity contribution in [1.82, 2.24) is 4.57 Å². The number of benzene rings is 8. The van der Waals surface area contributed by atoms with Gasteiger partial charge in [-0.3, -0.25) is 0 Å². The van der Waals surface area contributed by atoms with E-state index in [-0.39, 0.29) is 0 Å². The van der Waals surface area contributed by atoms with Gasteiger partial charge in [-0.05, 0) is 98.1 Å². The number of fused-ring (bicyclic) bond motifs is 8. The van der Waals surface area contributed by atoms with Crippen LogP contribution in [0.2, 0.25) is 0 Å². The van der Waals surface area contributed by atoms with E-state index < -0.39 is 0 Å². The molecule has 0 atom stereocenters. The SMILES string of the molecule is C1=C(c2cccc3c2sc2ccccc23)CCc2c1c1ccccc1n2-c1cccc(-c2c3ccccc3c(-c3ccccc3)c3ccccc23)c1. The lowest BCUT2D eigenvalue weighted by Crippen LogP contribution is -2.05. The van der Waals surface area contributed by atoms with Crippen LogP contribution in [0.15, 0.2) is 170 Å². The van der Waals surface area contributed by atoms with Crippen LogP contribution in [0.5, 0.6) is 0 Å². The lowest BCUT2D eigenvalue weighted by molar-refractivity contribution is 0.899. The number of rotatable bonds is 4. The second-order valence-corrected chi connectivity index (χ2v) is 15.0. The van der Waals surface area contributed by atoms with Gasteiger partial charge in [-0.15, -0.1) is 11.3 Å². The summed E-state index contributed by atoms with van der Waals surface area (Å²) in [5.41, 5.74) is 13.1. The molecule has 8 aromatic carbocycles. The highest BCUT2D eigenvalue weighted by Crippen LogP contribution is 2.46. The lowest BCUT2D eigenvalue weighted by atomic mass is 9.86. The van der Waals surface area contributed by atoms with Crippen LogP contribution in [-0.4, -0.2) is 4.57 Å². The van der Waals surface area contributed by atoms with E-state index in [1.807, 2.05) is 11.3 Å². The quantitative estimate of drug-likeness (QED) is 0.163. The summed E-state index contributed by atoms with van der Waals surface area (Å²) in [5, 5.41) is 9.14. The molecule has 2 aromatic heterocycles. The average molecular weight is 680 g/mol. The van der Waals surface area contributed by atoms with E-state index >= 15 is 0 Å². The Balaban J connectivity index is 1.11. The Labute approximate surface area is 306 Å². The maximum Gasteiger partial charge on any atom is 0.0537 e. The summed E-state index contributed by atoms with van der Waals surface area (Å²) in [5.74, 6) is 0. The third kappa shape index (κ3) is 4.41. The minimum atomic E-state index is 0.985. The highest BCUT2D eigenvalue weighted by Gasteiger charge is 2.24. The minimum Gasteiger partial charge on any atom is -0.313 e. The van der Waals surface area contributed by atoms with Gasteiger partial charge in [0.15, 0.2) is 0 Å². The summed E-state index contributed by atoms with van der Waals surface area (Å²) < 4.78 is 5.28. The Morgan fingerprint density at radius 1 is 0.442 bits per heavy atom. The van der Waals surface area contributed by atoms with Gasteiger partial charge < -0.3 is 4.57 Å². The molecule has 11 rings (SSSR count). The van der Waals surface area contributed by atoms with E-state index in [2.05, 4.69) is 181 Å². The molecule has 10 aromatic rings. The number of para-hydroxylation sites is 1.